The molecule has 9 nitrogen and oxygen atoms in total. The number of amides is 1. The summed E-state index contributed by atoms with van der Waals surface area (Å²) in [5.41, 5.74) is 1.27. The molecular formula is C27H46N4O5S. The Morgan fingerprint density at radius 3 is 2.27 bits per heavy atom. The van der Waals surface area contributed by atoms with E-state index in [1.54, 1.807) is 33.1 Å². The lowest BCUT2D eigenvalue weighted by atomic mass is 10.0. The molecule has 37 heavy (non-hydrogen) atoms. The van der Waals surface area contributed by atoms with Crippen molar-refractivity contribution in [3.8, 4) is 5.75 Å². The fourth-order valence-corrected chi connectivity index (χ4v) is 7.11. The van der Waals surface area contributed by atoms with Crippen LogP contribution in [0.5, 0.6) is 5.75 Å². The van der Waals surface area contributed by atoms with E-state index in [0.29, 0.717) is 29.0 Å². The third-order valence-electron chi connectivity index (χ3n) is 8.00. The van der Waals surface area contributed by atoms with Gasteiger partial charge in [-0.2, -0.15) is 4.31 Å². The molecule has 2 saturated heterocycles. The molecule has 2 aliphatic heterocycles. The summed E-state index contributed by atoms with van der Waals surface area (Å²) in [6.45, 7) is 12.5. The number of likely N-dealkylation sites (tertiary alicyclic amines) is 2. The predicted octanol–water partition coefficient (Wildman–Crippen LogP) is 2.35. The van der Waals surface area contributed by atoms with Crippen LogP contribution in [0.4, 0.5) is 0 Å². The summed E-state index contributed by atoms with van der Waals surface area (Å²) in [6.07, 6.45) is 3.36. The summed E-state index contributed by atoms with van der Waals surface area (Å²) in [5, 5.41) is 0. The van der Waals surface area contributed by atoms with E-state index in [1.165, 1.54) is 24.2 Å². The molecular weight excluding hydrogens is 492 g/mol. The molecule has 10 heteroatoms. The van der Waals surface area contributed by atoms with Gasteiger partial charge in [0.25, 0.3) is 0 Å². The van der Waals surface area contributed by atoms with Gasteiger partial charge in [0.2, 0.25) is 15.9 Å². The van der Waals surface area contributed by atoms with E-state index in [2.05, 4.69) is 23.6 Å². The van der Waals surface area contributed by atoms with Gasteiger partial charge in [-0.25, -0.2) is 8.42 Å². The van der Waals surface area contributed by atoms with Gasteiger partial charge in [-0.1, -0.05) is 0 Å². The zero-order valence-electron chi connectivity index (χ0n) is 23.7. The van der Waals surface area contributed by atoms with Gasteiger partial charge in [0.1, 0.15) is 12.4 Å². The van der Waals surface area contributed by atoms with Crippen molar-refractivity contribution in [2.24, 2.45) is 0 Å². The van der Waals surface area contributed by atoms with Crippen molar-refractivity contribution in [2.75, 3.05) is 67.1 Å². The summed E-state index contributed by atoms with van der Waals surface area (Å²) < 4.78 is 38.4. The van der Waals surface area contributed by atoms with E-state index >= 15 is 0 Å². The number of rotatable bonds is 11. The number of carbonyl (C=O) groups excluding carboxylic acids is 1. The number of ether oxygens (including phenoxy) is 2. The number of piperidine rings is 1. The van der Waals surface area contributed by atoms with Crippen molar-refractivity contribution in [2.45, 2.75) is 70.0 Å². The Balaban J connectivity index is 1.43. The van der Waals surface area contributed by atoms with Gasteiger partial charge in [0.15, 0.2) is 0 Å². The molecule has 0 aliphatic carbocycles. The van der Waals surface area contributed by atoms with E-state index in [4.69, 9.17) is 9.47 Å². The smallest absolute Gasteiger partial charge is 0.248 e. The van der Waals surface area contributed by atoms with Crippen molar-refractivity contribution >= 4 is 15.9 Å². The maximum Gasteiger partial charge on any atom is 0.248 e. The third kappa shape index (κ3) is 7.23. The molecule has 0 spiro atoms. The van der Waals surface area contributed by atoms with Crippen LogP contribution < -0.4 is 4.74 Å². The highest BCUT2D eigenvalue weighted by atomic mass is 32.2. The number of aryl methyl sites for hydroxylation is 2. The molecule has 2 fully saturated rings. The molecule has 0 bridgehead atoms. The second-order valence-electron chi connectivity index (χ2n) is 10.8. The first-order valence-electron chi connectivity index (χ1n) is 13.4. The Hall–Kier alpha value is -1.72. The Labute approximate surface area is 223 Å². The third-order valence-corrected chi connectivity index (χ3v) is 10.2. The molecule has 1 atom stereocenters. The van der Waals surface area contributed by atoms with Gasteiger partial charge >= 0.3 is 0 Å². The van der Waals surface area contributed by atoms with E-state index in [0.717, 1.165) is 32.6 Å². The van der Waals surface area contributed by atoms with Crippen LogP contribution in [0.1, 0.15) is 44.2 Å². The first-order chi connectivity index (χ1) is 17.4. The number of likely N-dealkylation sites (N-methyl/N-ethyl adjacent to an activating group) is 2. The van der Waals surface area contributed by atoms with E-state index in [9.17, 15) is 13.2 Å². The van der Waals surface area contributed by atoms with Crippen molar-refractivity contribution in [1.29, 1.82) is 0 Å². The Morgan fingerprint density at radius 2 is 1.70 bits per heavy atom. The zero-order valence-corrected chi connectivity index (χ0v) is 24.5. The molecule has 0 aromatic heterocycles. The number of hydrogen-bond acceptors (Lipinski definition) is 7. The standard InChI is InChI=1S/C27H46N4O5S/c1-20(2)30-11-8-23(9-12-30)31-13-10-24(18-31)29(6)26(32)19-36-15-14-28(5)37(33,34)27-21(3)16-25(35-7)17-22(27)4/h16-17,20,23-24H,8-15,18-19H2,1-7H3. The zero-order chi connectivity index (χ0) is 27.3. The second-order valence-corrected chi connectivity index (χ2v) is 12.8. The summed E-state index contributed by atoms with van der Waals surface area (Å²) in [7, 11) is 1.26. The fourth-order valence-electron chi connectivity index (χ4n) is 5.55. The molecule has 2 heterocycles. The minimum Gasteiger partial charge on any atom is -0.497 e. The average Bonchev–Trinajstić information content (AvgIpc) is 3.35. The van der Waals surface area contributed by atoms with Crippen LogP contribution in [-0.4, -0.2) is 119 Å². The number of nitrogens with zero attached hydrogens (tertiary/aromatic N) is 4. The summed E-state index contributed by atoms with van der Waals surface area (Å²) in [6, 6.07) is 4.85. The van der Waals surface area contributed by atoms with Crippen LogP contribution in [-0.2, 0) is 19.6 Å². The Bertz CT molecular complexity index is 1000. The number of benzene rings is 1. The van der Waals surface area contributed by atoms with Gasteiger partial charge in [0, 0.05) is 51.9 Å². The molecule has 0 N–H and O–H groups in total. The lowest BCUT2D eigenvalue weighted by Gasteiger charge is -2.38. The van der Waals surface area contributed by atoms with Crippen molar-refractivity contribution in [3.05, 3.63) is 23.3 Å². The van der Waals surface area contributed by atoms with Gasteiger partial charge < -0.3 is 19.3 Å². The largest absolute Gasteiger partial charge is 0.497 e. The van der Waals surface area contributed by atoms with Crippen LogP contribution in [0.15, 0.2) is 17.0 Å². The first-order valence-corrected chi connectivity index (χ1v) is 14.8. The predicted molar refractivity (Wildman–Crippen MR) is 146 cm³/mol. The molecule has 2 aliphatic rings. The maximum absolute atomic E-state index is 13.1. The van der Waals surface area contributed by atoms with E-state index in [1.807, 2.05) is 11.9 Å². The number of carbonyl (C=O) groups is 1. The van der Waals surface area contributed by atoms with Crippen LogP contribution in [0.3, 0.4) is 0 Å². The molecule has 1 aromatic carbocycles. The maximum atomic E-state index is 13.1. The molecule has 0 saturated carbocycles. The SMILES string of the molecule is COc1cc(C)c(S(=O)(=O)N(C)CCOCC(=O)N(C)C2CCN(C3CCN(C(C)C)CC3)C2)c(C)c1. The van der Waals surface area contributed by atoms with E-state index in [-0.39, 0.29) is 36.6 Å². The number of sulfonamides is 1. The van der Waals surface area contributed by atoms with Gasteiger partial charge in [-0.3, -0.25) is 9.69 Å². The fraction of sp³-hybridized carbons (Fsp3) is 0.741. The summed E-state index contributed by atoms with van der Waals surface area (Å²) in [5.74, 6) is 0.568. The van der Waals surface area contributed by atoms with Crippen LogP contribution >= 0.6 is 0 Å². The quantitative estimate of drug-likeness (QED) is 0.400. The molecule has 1 amide bonds. The minimum absolute atomic E-state index is 0.0474. The number of hydrogen-bond donors (Lipinski definition) is 0. The van der Waals surface area contributed by atoms with Crippen LogP contribution in [0.2, 0.25) is 0 Å². The normalized spacial score (nSPS) is 20.2. The van der Waals surface area contributed by atoms with Crippen molar-refractivity contribution in [1.82, 2.24) is 19.0 Å². The minimum atomic E-state index is -3.69. The second kappa shape index (κ2) is 12.9. The monoisotopic (exact) mass is 538 g/mol. The lowest BCUT2D eigenvalue weighted by molar-refractivity contribution is -0.136. The number of methoxy groups -OCH3 is 1. The molecule has 1 unspecified atom stereocenters. The molecule has 210 valence electrons. The van der Waals surface area contributed by atoms with Crippen LogP contribution in [0, 0.1) is 13.8 Å². The van der Waals surface area contributed by atoms with Gasteiger partial charge in [0.05, 0.1) is 18.6 Å². The first kappa shape index (κ1) is 29.8. The van der Waals surface area contributed by atoms with Gasteiger partial charge in [-0.15, -0.1) is 0 Å². The highest BCUT2D eigenvalue weighted by Gasteiger charge is 2.34. The lowest BCUT2D eigenvalue weighted by Crippen LogP contribution is -2.47. The molecule has 1 aromatic rings. The Morgan fingerprint density at radius 1 is 1.08 bits per heavy atom. The van der Waals surface area contributed by atoms with Crippen molar-refractivity contribution in [3.63, 3.8) is 0 Å². The van der Waals surface area contributed by atoms with Crippen LogP contribution in [0.25, 0.3) is 0 Å². The average molecular weight is 539 g/mol. The highest BCUT2D eigenvalue weighted by Crippen LogP contribution is 2.28. The van der Waals surface area contributed by atoms with E-state index < -0.39 is 10.0 Å². The van der Waals surface area contributed by atoms with Crippen molar-refractivity contribution < 1.29 is 22.7 Å². The topological polar surface area (TPSA) is 82.6 Å². The highest BCUT2D eigenvalue weighted by molar-refractivity contribution is 7.89. The summed E-state index contributed by atoms with van der Waals surface area (Å²) in [4.78, 5) is 20.0. The molecule has 3 rings (SSSR count). The summed E-state index contributed by atoms with van der Waals surface area (Å²) >= 11 is 0. The van der Waals surface area contributed by atoms with Gasteiger partial charge in [-0.05, 0) is 83.3 Å². The molecule has 0 radical (unpaired) electrons. The Kier molecular flexibility index (Phi) is 10.4.